The quantitative estimate of drug-likeness (QED) is 0.0329. The first-order valence-electron chi connectivity index (χ1n) is 53.1. The van der Waals surface area contributed by atoms with Gasteiger partial charge in [0.2, 0.25) is 76.8 Å². The lowest BCUT2D eigenvalue weighted by molar-refractivity contribution is -0.164. The van der Waals surface area contributed by atoms with Crippen molar-refractivity contribution < 1.29 is 144 Å². The molecule has 0 unspecified atom stereocenters. The summed E-state index contributed by atoms with van der Waals surface area (Å²) in [5.74, 6) is -9.05. The number of hydrogen-bond donors (Lipinski definition) is 17. The van der Waals surface area contributed by atoms with Gasteiger partial charge >= 0.3 is 17.9 Å². The number of nitrogens with two attached hydrogens (primary N) is 3. The number of nitrogens with one attached hydrogen (secondary N) is 11. The third-order valence-electron chi connectivity index (χ3n) is 28.3. The average Bonchev–Trinajstić information content (AvgIpc) is 1.46. The summed E-state index contributed by atoms with van der Waals surface area (Å²) in [7, 11) is 0. The Labute approximate surface area is 871 Å². The lowest BCUT2D eigenvalue weighted by atomic mass is 9.44. The summed E-state index contributed by atoms with van der Waals surface area (Å²) in [4.78, 5) is 207. The van der Waals surface area contributed by atoms with Crippen LogP contribution in [-0.2, 0) is 135 Å². The van der Waals surface area contributed by atoms with Crippen LogP contribution in [0.5, 0.6) is 0 Å². The molecule has 4 saturated carbocycles. The number of benzene rings is 1. The van der Waals surface area contributed by atoms with Gasteiger partial charge in [0.25, 0.3) is 0 Å². The molecule has 1 aromatic carbocycles. The third kappa shape index (κ3) is 49.6. The van der Waals surface area contributed by atoms with E-state index >= 15 is 0 Å². The Morgan fingerprint density at radius 3 is 1.39 bits per heavy atom. The molecule has 842 valence electrons. The van der Waals surface area contributed by atoms with Gasteiger partial charge in [-0.05, 0) is 160 Å². The highest BCUT2D eigenvalue weighted by molar-refractivity contribution is 5.97. The summed E-state index contributed by atoms with van der Waals surface area (Å²) in [6.07, 6.45) is 9.42. The van der Waals surface area contributed by atoms with Crippen molar-refractivity contribution in [1.29, 1.82) is 0 Å². The Hall–Kier alpha value is -9.74. The monoisotopic (exact) mass is 2100 g/mol. The molecule has 0 bridgehead atoms. The second-order valence-corrected chi connectivity index (χ2v) is 41.4. The lowest BCUT2D eigenvalue weighted by Crippen LogP contribution is -2.59. The number of aliphatic hydroxyl groups excluding tert-OH is 1. The van der Waals surface area contributed by atoms with Crippen molar-refractivity contribution in [3.05, 3.63) is 35.9 Å². The van der Waals surface area contributed by atoms with Crippen LogP contribution in [0.4, 0.5) is 0 Å². The fourth-order valence-corrected chi connectivity index (χ4v) is 20.3. The summed E-state index contributed by atoms with van der Waals surface area (Å²) in [6.45, 7) is 28.7. The van der Waals surface area contributed by atoms with Crippen LogP contribution in [0.1, 0.15) is 236 Å². The molecule has 13 amide bonds. The number of esters is 1. The molecule has 4 aliphatic rings. The number of aliphatic carboxylic acids is 2. The Morgan fingerprint density at radius 1 is 0.405 bits per heavy atom. The number of aliphatic hydroxyl groups is 1. The Bertz CT molecular complexity index is 4220. The maximum absolute atomic E-state index is 14.1. The molecule has 0 saturated heterocycles. The summed E-state index contributed by atoms with van der Waals surface area (Å²) in [5.41, 5.74) is 18.3. The van der Waals surface area contributed by atoms with Crippen molar-refractivity contribution >= 4 is 94.7 Å². The number of primary amides is 2. The summed E-state index contributed by atoms with van der Waals surface area (Å²) >= 11 is 0. The number of carboxylic acid groups (broad SMARTS) is 2. The van der Waals surface area contributed by atoms with Crippen LogP contribution in [0.3, 0.4) is 0 Å². The smallest absolute Gasteiger partial charge is 0.308 e. The van der Waals surface area contributed by atoms with Crippen LogP contribution in [-0.4, -0.2) is 328 Å². The topological polar surface area (TPSA) is 646 Å². The van der Waals surface area contributed by atoms with Crippen molar-refractivity contribution in [3.8, 4) is 0 Å². The summed E-state index contributed by atoms with van der Waals surface area (Å²) in [5, 5.41) is 58.5. The van der Waals surface area contributed by atoms with E-state index in [1.165, 1.54) is 64.7 Å². The van der Waals surface area contributed by atoms with E-state index in [-0.39, 0.29) is 167 Å². The van der Waals surface area contributed by atoms with E-state index in [4.69, 9.17) is 74.4 Å². The van der Waals surface area contributed by atoms with Gasteiger partial charge in [-0.2, -0.15) is 0 Å². The van der Waals surface area contributed by atoms with Crippen molar-refractivity contribution in [3.63, 3.8) is 0 Å². The van der Waals surface area contributed by atoms with E-state index in [0.717, 1.165) is 48.9 Å². The van der Waals surface area contributed by atoms with Crippen molar-refractivity contribution in [2.24, 2.45) is 87.2 Å². The number of amides is 13. The molecule has 44 heteroatoms. The van der Waals surface area contributed by atoms with Crippen LogP contribution < -0.4 is 75.7 Å². The van der Waals surface area contributed by atoms with Gasteiger partial charge in [0.05, 0.1) is 170 Å². The second kappa shape index (κ2) is 70.4. The van der Waals surface area contributed by atoms with E-state index in [1.54, 1.807) is 71.9 Å². The van der Waals surface area contributed by atoms with Crippen molar-refractivity contribution in [2.45, 2.75) is 304 Å². The number of rotatable bonds is 80. The molecule has 0 aromatic heterocycles. The normalized spacial score (nSPS) is 20.6. The number of hydrogen-bond acceptors (Lipinski definition) is 29. The molecule has 5 rings (SSSR count). The number of fused-ring (bicyclic) bond motifs is 5. The minimum atomic E-state index is -1.65. The number of ether oxygens (including phenoxy) is 11. The third-order valence-corrected chi connectivity index (χ3v) is 28.3. The molecule has 44 nitrogen and oxygen atoms in total. The molecule has 4 fully saturated rings. The van der Waals surface area contributed by atoms with Crippen molar-refractivity contribution in [1.82, 2.24) is 58.5 Å². The van der Waals surface area contributed by atoms with Crippen LogP contribution in [0.2, 0.25) is 0 Å². The Morgan fingerprint density at radius 2 is 0.878 bits per heavy atom. The zero-order chi connectivity index (χ0) is 109. The van der Waals surface area contributed by atoms with Gasteiger partial charge in [-0.3, -0.25) is 76.7 Å². The summed E-state index contributed by atoms with van der Waals surface area (Å²) in [6, 6.07) is -3.54. The molecule has 1 aromatic rings. The molecule has 0 heterocycles. The van der Waals surface area contributed by atoms with Crippen LogP contribution >= 0.6 is 0 Å². The molecule has 0 radical (unpaired) electrons. The predicted octanol–water partition coefficient (Wildman–Crippen LogP) is 2.76. The minimum absolute atomic E-state index is 0.000602. The fraction of sp³-hybridized carbons (Fsp3) is 0.788. The molecule has 0 spiro atoms. The molecule has 0 aliphatic heterocycles. The van der Waals surface area contributed by atoms with E-state index in [9.17, 15) is 86.9 Å². The van der Waals surface area contributed by atoms with Gasteiger partial charge in [-0.25, -0.2) is 0 Å². The maximum Gasteiger partial charge on any atom is 0.308 e. The maximum atomic E-state index is 14.1. The van der Waals surface area contributed by atoms with Crippen molar-refractivity contribution in [2.75, 3.05) is 152 Å². The van der Waals surface area contributed by atoms with E-state index in [2.05, 4.69) is 93.1 Å². The second-order valence-electron chi connectivity index (χ2n) is 41.4. The first-order valence-corrected chi connectivity index (χ1v) is 53.1. The number of carboxylic acids is 2. The SMILES string of the molecule is CC(C)CCC[C@@H](C)[C@H]1CC[C@H]2[C@@H]3CC[C@H]4C[C@@H](OC(=O)C[C@H](NC(=O)CCOCCOCCOCCNC(=O)CCOCCOCCOCCOCCNC(=O)CCOCCOCCOCCNC(=O)[C@H](Cc5ccccc5)NC(=O)[C@H](CCC(=O)O)NC(=O)[C@H](C)NC(=O)[C@@H](NC(=O)C[C@H](O)[C@H](CC(C)C)NC(=O)[C@H](CC(N)=O)NC(=O)[C@@H](NC(=O)[C@@H](N)CCC(=O)O)C(C)C)C(C)C)C(N)=O)CC[C@]4(C)[C@H]3CC[C@]12C. The number of carbonyl (C=O) groups excluding carboxylic acids is 14. The van der Waals surface area contributed by atoms with Crippen LogP contribution in [0.15, 0.2) is 30.3 Å². The zero-order valence-corrected chi connectivity index (χ0v) is 89.3. The largest absolute Gasteiger partial charge is 0.481 e. The first kappa shape index (κ1) is 129. The Kier molecular flexibility index (Phi) is 61.2. The van der Waals surface area contributed by atoms with Gasteiger partial charge in [0, 0.05) is 58.2 Å². The van der Waals surface area contributed by atoms with E-state index in [1.807, 2.05) is 0 Å². The molecular formula is C104H176N14O30. The molecule has 19 atom stereocenters. The van der Waals surface area contributed by atoms with E-state index in [0.29, 0.717) is 82.2 Å². The van der Waals surface area contributed by atoms with Gasteiger partial charge in [-0.1, -0.05) is 126 Å². The predicted molar refractivity (Wildman–Crippen MR) is 544 cm³/mol. The lowest BCUT2D eigenvalue weighted by Gasteiger charge is -2.61. The molecule has 148 heavy (non-hydrogen) atoms. The highest BCUT2D eigenvalue weighted by atomic mass is 16.6. The highest BCUT2D eigenvalue weighted by Gasteiger charge is 2.61. The Balaban J connectivity index is 0.825. The van der Waals surface area contributed by atoms with Gasteiger partial charge in [0.15, 0.2) is 0 Å². The van der Waals surface area contributed by atoms with Gasteiger partial charge < -0.3 is 143 Å². The molecule has 20 N–H and O–H groups in total. The first-order chi connectivity index (χ1) is 70.4. The standard InChI is InChI=1S/C104H176N14O30/c1-65(2)17-16-18-69(9)75-23-24-76-74-22-21-72-61-73(29-34-103(72,11)77(74)30-35-104(75,76)12)148-92(129)63-81(95(107)130)112-88(123)33-41-140-47-53-145-54-48-141-42-36-108-87(122)32-40-139-46-52-146-57-58-147-55-49-142-43-37-109-86(121)31-39-138-45-51-144-56-50-143-44-38-110-98(133)82(60-71-19-14-13-15-20-71)115-99(134)79(26-28-91(127)128)113-96(131)70(10)111-101(136)93(67(5)6)117-89(124)64-84(119)80(59-66(3)4)114-100(135)83(62-85(106)120)116-102(137)94(68(7)8)118-97(132)78(105)25-27-90(125)126/h13-15,19-20,65-70,72-84,93-94,119H,16-18,21-64,105H2,1-12H3,(H2,106,120)(H2,107,130)(H,108,122)(H,109,121)(H,110,133)(H,111,136)(H,112,123)(H,113,131)(H,114,135)(H,115,134)(H,116,137)(H,117,124)(H,118,132)(H,125,126)(H,127,128)/t69-,70+,72+,73+,74+,75-,76+,77+,78+,79+,80+,81+,82+,83+,84+,93+,94+,103+,104-/m1/s1. The highest BCUT2D eigenvalue weighted by Crippen LogP contribution is 2.68. The van der Waals surface area contributed by atoms with Crippen LogP contribution in [0, 0.1) is 70.0 Å². The average molecular weight is 2100 g/mol. The van der Waals surface area contributed by atoms with Gasteiger partial charge in [0.1, 0.15) is 48.4 Å². The molecule has 4 aliphatic carbocycles. The van der Waals surface area contributed by atoms with Crippen LogP contribution in [0.25, 0.3) is 0 Å². The summed E-state index contributed by atoms with van der Waals surface area (Å²) < 4.78 is 61.5. The minimum Gasteiger partial charge on any atom is -0.481 e. The zero-order valence-electron chi connectivity index (χ0n) is 89.3. The fourth-order valence-electron chi connectivity index (χ4n) is 20.3. The van der Waals surface area contributed by atoms with Gasteiger partial charge in [-0.15, -0.1) is 0 Å². The number of carbonyl (C=O) groups is 16. The van der Waals surface area contributed by atoms with E-state index < -0.39 is 187 Å². The molecular weight excluding hydrogens is 1930 g/mol.